The largest absolute Gasteiger partial charge is 0.378 e. The molecule has 3 saturated carbocycles. The Labute approximate surface area is 176 Å². The summed E-state index contributed by atoms with van der Waals surface area (Å²) in [5.74, 6) is 5.06. The van der Waals surface area contributed by atoms with Crippen molar-refractivity contribution < 1.29 is 4.74 Å². The van der Waals surface area contributed by atoms with E-state index in [1.807, 2.05) is 0 Å². The highest BCUT2D eigenvalue weighted by atomic mass is 16.5. The highest BCUT2D eigenvalue weighted by molar-refractivity contribution is 4.82. The van der Waals surface area contributed by atoms with Gasteiger partial charge in [-0.25, -0.2) is 0 Å². The fourth-order valence-electron chi connectivity index (χ4n) is 6.73. The van der Waals surface area contributed by atoms with Crippen LogP contribution in [0.25, 0.3) is 0 Å². The van der Waals surface area contributed by atoms with E-state index < -0.39 is 0 Å². The average molecular weight is 391 g/mol. The van der Waals surface area contributed by atoms with E-state index in [1.54, 1.807) is 0 Å². The van der Waals surface area contributed by atoms with E-state index in [9.17, 15) is 0 Å². The Balaban J connectivity index is 1.24. The summed E-state index contributed by atoms with van der Waals surface area (Å²) in [6.45, 7) is 5.74. The Bertz CT molecular complexity index is 381. The van der Waals surface area contributed by atoms with E-state index in [0.29, 0.717) is 6.10 Å². The van der Waals surface area contributed by atoms with Crippen molar-refractivity contribution >= 4 is 0 Å². The van der Waals surface area contributed by atoms with Crippen LogP contribution in [0.2, 0.25) is 0 Å². The zero-order valence-electron chi connectivity index (χ0n) is 19.3. The molecule has 0 aromatic heterocycles. The van der Waals surface area contributed by atoms with Crippen molar-refractivity contribution in [1.29, 1.82) is 0 Å². The lowest BCUT2D eigenvalue weighted by Gasteiger charge is -2.38. The third-order valence-corrected chi connectivity index (χ3v) is 8.72. The minimum absolute atomic E-state index is 0.592. The summed E-state index contributed by atoms with van der Waals surface area (Å²) in [7, 11) is 0. The topological polar surface area (TPSA) is 9.23 Å². The van der Waals surface area contributed by atoms with E-state index in [1.165, 1.54) is 116 Å². The molecule has 0 bridgehead atoms. The molecule has 0 heterocycles. The lowest BCUT2D eigenvalue weighted by molar-refractivity contribution is -0.0130. The molecule has 0 aromatic carbocycles. The Morgan fingerprint density at radius 3 is 1.64 bits per heavy atom. The van der Waals surface area contributed by atoms with E-state index in [0.717, 1.165) is 36.2 Å². The van der Waals surface area contributed by atoms with Crippen LogP contribution in [-0.2, 0) is 4.74 Å². The maximum Gasteiger partial charge on any atom is 0.0575 e. The molecule has 28 heavy (non-hydrogen) atoms. The zero-order valence-corrected chi connectivity index (χ0v) is 19.3. The van der Waals surface area contributed by atoms with Crippen molar-refractivity contribution in [2.75, 3.05) is 6.61 Å². The molecule has 0 spiro atoms. The van der Waals surface area contributed by atoms with Crippen LogP contribution in [0, 0.1) is 29.6 Å². The fraction of sp³-hybridized carbons (Fsp3) is 1.00. The quantitative estimate of drug-likeness (QED) is 0.339. The summed E-state index contributed by atoms with van der Waals surface area (Å²) >= 11 is 0. The van der Waals surface area contributed by atoms with Gasteiger partial charge in [0, 0.05) is 6.61 Å². The van der Waals surface area contributed by atoms with Crippen LogP contribution in [0.1, 0.15) is 129 Å². The van der Waals surface area contributed by atoms with Crippen molar-refractivity contribution in [3.63, 3.8) is 0 Å². The van der Waals surface area contributed by atoms with Gasteiger partial charge in [-0.3, -0.25) is 0 Å². The maximum atomic E-state index is 6.42. The molecule has 0 unspecified atom stereocenters. The van der Waals surface area contributed by atoms with Gasteiger partial charge in [0.15, 0.2) is 0 Å². The van der Waals surface area contributed by atoms with Gasteiger partial charge in [0.25, 0.3) is 0 Å². The first-order valence-corrected chi connectivity index (χ1v) is 13.4. The van der Waals surface area contributed by atoms with Crippen LogP contribution in [0.4, 0.5) is 0 Å². The van der Waals surface area contributed by atoms with Gasteiger partial charge in [-0.15, -0.1) is 0 Å². The van der Waals surface area contributed by atoms with Crippen LogP contribution in [0.15, 0.2) is 0 Å². The molecule has 3 aliphatic carbocycles. The van der Waals surface area contributed by atoms with E-state index in [2.05, 4.69) is 13.8 Å². The standard InChI is InChI=1S/C27H50O/c1-3-5-6-8-23-13-19-27(20-14-23)28-21-24-11-17-26(18-12-24)25-15-9-22(7-4-2)10-16-25/h22-27H,3-21H2,1-2H3/t22?,23-,24?,25?,26?,27-. The Kier molecular flexibility index (Phi) is 10.2. The van der Waals surface area contributed by atoms with E-state index in [4.69, 9.17) is 4.74 Å². The van der Waals surface area contributed by atoms with Crippen LogP contribution >= 0.6 is 0 Å². The summed E-state index contributed by atoms with van der Waals surface area (Å²) in [6.07, 6.45) is 26.8. The summed E-state index contributed by atoms with van der Waals surface area (Å²) in [6, 6.07) is 0. The molecule has 0 atom stereocenters. The normalized spacial score (nSPS) is 37.1. The highest BCUT2D eigenvalue weighted by Crippen LogP contribution is 2.42. The number of unbranched alkanes of at least 4 members (excludes halogenated alkanes) is 2. The molecule has 1 nitrogen and oxygen atoms in total. The Hall–Kier alpha value is -0.0400. The van der Waals surface area contributed by atoms with Crippen LogP contribution < -0.4 is 0 Å². The molecular weight excluding hydrogens is 340 g/mol. The molecule has 0 amide bonds. The summed E-state index contributed by atoms with van der Waals surface area (Å²) in [5, 5.41) is 0. The number of rotatable bonds is 10. The molecule has 3 fully saturated rings. The van der Waals surface area contributed by atoms with Crippen LogP contribution in [0.5, 0.6) is 0 Å². The van der Waals surface area contributed by atoms with Gasteiger partial charge in [0.1, 0.15) is 0 Å². The molecule has 0 N–H and O–H groups in total. The van der Waals surface area contributed by atoms with Gasteiger partial charge < -0.3 is 4.74 Å². The molecule has 0 aromatic rings. The Morgan fingerprint density at radius 2 is 1.07 bits per heavy atom. The smallest absolute Gasteiger partial charge is 0.0575 e. The minimum Gasteiger partial charge on any atom is -0.378 e. The second-order valence-electron chi connectivity index (χ2n) is 10.8. The van der Waals surface area contributed by atoms with Crippen molar-refractivity contribution in [2.45, 2.75) is 136 Å². The summed E-state index contributed by atoms with van der Waals surface area (Å²) < 4.78 is 6.42. The number of hydrogen-bond donors (Lipinski definition) is 0. The lowest BCUT2D eigenvalue weighted by Crippen LogP contribution is -2.29. The minimum atomic E-state index is 0.592. The number of hydrogen-bond acceptors (Lipinski definition) is 1. The van der Waals surface area contributed by atoms with Gasteiger partial charge in [0.05, 0.1) is 6.10 Å². The van der Waals surface area contributed by atoms with Crippen molar-refractivity contribution in [3.05, 3.63) is 0 Å². The fourth-order valence-corrected chi connectivity index (χ4v) is 6.73. The van der Waals surface area contributed by atoms with Crippen LogP contribution in [-0.4, -0.2) is 12.7 Å². The highest BCUT2D eigenvalue weighted by Gasteiger charge is 2.31. The van der Waals surface area contributed by atoms with Gasteiger partial charge in [0.2, 0.25) is 0 Å². The predicted molar refractivity (Wildman–Crippen MR) is 122 cm³/mol. The molecular formula is C27H50O. The van der Waals surface area contributed by atoms with Crippen molar-refractivity contribution in [2.24, 2.45) is 29.6 Å². The van der Waals surface area contributed by atoms with Gasteiger partial charge in [-0.05, 0) is 93.8 Å². The second-order valence-corrected chi connectivity index (χ2v) is 10.8. The summed E-state index contributed by atoms with van der Waals surface area (Å²) in [4.78, 5) is 0. The van der Waals surface area contributed by atoms with E-state index in [-0.39, 0.29) is 0 Å². The second kappa shape index (κ2) is 12.6. The van der Waals surface area contributed by atoms with Gasteiger partial charge in [-0.2, -0.15) is 0 Å². The first kappa shape index (κ1) is 22.6. The van der Waals surface area contributed by atoms with Crippen molar-refractivity contribution in [1.82, 2.24) is 0 Å². The summed E-state index contributed by atoms with van der Waals surface area (Å²) in [5.41, 5.74) is 0. The number of ether oxygens (including phenoxy) is 1. The monoisotopic (exact) mass is 390 g/mol. The molecule has 164 valence electrons. The third-order valence-electron chi connectivity index (χ3n) is 8.72. The first-order valence-electron chi connectivity index (χ1n) is 13.4. The molecule has 0 radical (unpaired) electrons. The zero-order chi connectivity index (χ0) is 19.6. The van der Waals surface area contributed by atoms with Crippen molar-refractivity contribution in [3.8, 4) is 0 Å². The van der Waals surface area contributed by atoms with Gasteiger partial charge >= 0.3 is 0 Å². The molecule has 3 rings (SSSR count). The SMILES string of the molecule is CCCCC[C@H]1CC[C@H](OCC2CCC(C3CCC(CCC)CC3)CC2)CC1. The van der Waals surface area contributed by atoms with E-state index >= 15 is 0 Å². The average Bonchev–Trinajstić information content (AvgIpc) is 2.75. The molecule has 1 heteroatoms. The molecule has 0 saturated heterocycles. The lowest BCUT2D eigenvalue weighted by atomic mass is 9.69. The van der Waals surface area contributed by atoms with Crippen LogP contribution in [0.3, 0.4) is 0 Å². The molecule has 3 aliphatic rings. The molecule has 0 aliphatic heterocycles. The van der Waals surface area contributed by atoms with Gasteiger partial charge in [-0.1, -0.05) is 65.2 Å². The maximum absolute atomic E-state index is 6.42. The Morgan fingerprint density at radius 1 is 0.536 bits per heavy atom. The third kappa shape index (κ3) is 7.33. The predicted octanol–water partition coefficient (Wildman–Crippen LogP) is 8.56. The first-order chi connectivity index (χ1) is 13.8.